The van der Waals surface area contributed by atoms with Crippen molar-refractivity contribution in [3.05, 3.63) is 35.7 Å². The Morgan fingerprint density at radius 1 is 1.33 bits per heavy atom. The van der Waals surface area contributed by atoms with E-state index in [-0.39, 0.29) is 5.97 Å². The number of rotatable bonds is 3. The maximum atomic E-state index is 12.6. The number of piperidine rings is 1. The minimum Gasteiger partial charge on any atom is -0.443 e. The summed E-state index contributed by atoms with van der Waals surface area (Å²) in [5, 5.41) is 7.82. The van der Waals surface area contributed by atoms with E-state index in [0.29, 0.717) is 28.7 Å². The Kier molecular flexibility index (Phi) is 3.15. The molecule has 0 amide bonds. The summed E-state index contributed by atoms with van der Waals surface area (Å²) in [6, 6.07) is 4.32. The molecule has 6 rings (SSSR count). The van der Waals surface area contributed by atoms with Gasteiger partial charge >= 0.3 is 5.97 Å². The number of hydrogen-bond donors (Lipinski definition) is 1. The first-order valence-corrected chi connectivity index (χ1v) is 8.64. The number of hydrogen-bond acceptors (Lipinski definition) is 8. The standard InChI is InChI=1S/C16H14N4O3S/c21-16(23-20-6-10-5-11(7-20)19-10)9-3-12(15-17-1-2-24-15)14-13(4-9)18-8-22-14/h1-4,8,10-11,19H,5-7H2. The van der Waals surface area contributed by atoms with E-state index in [2.05, 4.69) is 15.3 Å². The first kappa shape index (κ1) is 14.1. The molecule has 122 valence electrons. The molecule has 0 radical (unpaired) electrons. The van der Waals surface area contributed by atoms with E-state index in [0.717, 1.165) is 30.1 Å². The number of piperazine rings is 1. The molecule has 1 aromatic carbocycles. The number of benzene rings is 1. The molecule has 3 aliphatic rings. The molecule has 3 aliphatic heterocycles. The molecule has 24 heavy (non-hydrogen) atoms. The van der Waals surface area contributed by atoms with Crippen molar-refractivity contribution in [3.8, 4) is 10.6 Å². The molecule has 0 aliphatic carbocycles. The smallest absolute Gasteiger partial charge is 0.357 e. The molecule has 0 saturated carbocycles. The summed E-state index contributed by atoms with van der Waals surface area (Å²) < 4.78 is 5.46. The van der Waals surface area contributed by atoms with Crippen LogP contribution in [-0.4, -0.2) is 46.2 Å². The average molecular weight is 342 g/mol. The predicted octanol–water partition coefficient (Wildman–Crippen LogP) is 2.07. The lowest BCUT2D eigenvalue weighted by Crippen LogP contribution is -2.66. The van der Waals surface area contributed by atoms with E-state index in [1.165, 1.54) is 17.7 Å². The van der Waals surface area contributed by atoms with Gasteiger partial charge < -0.3 is 14.6 Å². The predicted molar refractivity (Wildman–Crippen MR) is 87.4 cm³/mol. The van der Waals surface area contributed by atoms with Crippen LogP contribution in [0.15, 0.2) is 34.5 Å². The summed E-state index contributed by atoms with van der Waals surface area (Å²) in [6.07, 6.45) is 4.26. The van der Waals surface area contributed by atoms with Gasteiger partial charge in [-0.05, 0) is 18.6 Å². The van der Waals surface area contributed by atoms with Crippen LogP contribution in [0.5, 0.6) is 0 Å². The van der Waals surface area contributed by atoms with Gasteiger partial charge in [0.15, 0.2) is 12.0 Å². The number of carbonyl (C=O) groups excluding carboxylic acids is 1. The van der Waals surface area contributed by atoms with Gasteiger partial charge in [-0.2, -0.15) is 0 Å². The molecule has 3 fully saturated rings. The summed E-state index contributed by atoms with van der Waals surface area (Å²) in [6.45, 7) is 1.46. The second-order valence-corrected chi connectivity index (χ2v) is 6.98. The number of oxazole rings is 1. The molecular formula is C16H14N4O3S. The molecule has 5 heterocycles. The number of nitrogens with zero attached hydrogens (tertiary/aromatic N) is 3. The van der Waals surface area contributed by atoms with Crippen LogP contribution >= 0.6 is 11.3 Å². The number of fused-ring (bicyclic) bond motifs is 3. The average Bonchev–Trinajstić information content (AvgIpc) is 3.24. The fourth-order valence-corrected chi connectivity index (χ4v) is 3.97. The second kappa shape index (κ2) is 5.37. The van der Waals surface area contributed by atoms with Crippen LogP contribution in [0, 0.1) is 0 Å². The molecule has 8 heteroatoms. The highest BCUT2D eigenvalue weighted by molar-refractivity contribution is 7.13. The summed E-state index contributed by atoms with van der Waals surface area (Å²) in [4.78, 5) is 26.6. The van der Waals surface area contributed by atoms with Crippen molar-refractivity contribution >= 4 is 28.4 Å². The molecule has 1 N–H and O–H groups in total. The fraction of sp³-hybridized carbons (Fsp3) is 0.312. The van der Waals surface area contributed by atoms with Crippen molar-refractivity contribution in [2.24, 2.45) is 0 Å². The van der Waals surface area contributed by atoms with Crippen molar-refractivity contribution < 1.29 is 14.0 Å². The minimum absolute atomic E-state index is 0.376. The van der Waals surface area contributed by atoms with Crippen molar-refractivity contribution in [1.29, 1.82) is 0 Å². The quantitative estimate of drug-likeness (QED) is 0.780. The number of aromatic nitrogens is 2. The number of carbonyl (C=O) groups is 1. The Morgan fingerprint density at radius 2 is 2.17 bits per heavy atom. The SMILES string of the molecule is O=C(ON1CC2CC(C1)N2)c1cc(-c2nccs2)c2ocnc2c1. The first-order chi connectivity index (χ1) is 11.8. The monoisotopic (exact) mass is 342 g/mol. The van der Waals surface area contributed by atoms with Gasteiger partial charge in [0.2, 0.25) is 0 Å². The molecule has 3 saturated heterocycles. The number of thiazole rings is 1. The van der Waals surface area contributed by atoms with E-state index >= 15 is 0 Å². The summed E-state index contributed by atoms with van der Waals surface area (Å²) in [7, 11) is 0. The van der Waals surface area contributed by atoms with Gasteiger partial charge in [-0.15, -0.1) is 16.4 Å². The van der Waals surface area contributed by atoms with Crippen LogP contribution in [-0.2, 0) is 4.84 Å². The third-order valence-corrected chi connectivity index (χ3v) is 5.24. The van der Waals surface area contributed by atoms with Gasteiger partial charge in [-0.3, -0.25) is 0 Å². The van der Waals surface area contributed by atoms with Crippen LogP contribution in [0.3, 0.4) is 0 Å². The van der Waals surface area contributed by atoms with Gasteiger partial charge in [0.1, 0.15) is 10.5 Å². The lowest BCUT2D eigenvalue weighted by Gasteiger charge is -2.46. The van der Waals surface area contributed by atoms with Crippen molar-refractivity contribution in [2.45, 2.75) is 18.5 Å². The fourth-order valence-electron chi connectivity index (χ4n) is 3.32. The number of hydroxylamine groups is 2. The van der Waals surface area contributed by atoms with E-state index in [1.807, 2.05) is 5.38 Å². The van der Waals surface area contributed by atoms with Gasteiger partial charge in [0, 0.05) is 23.7 Å². The van der Waals surface area contributed by atoms with Crippen LogP contribution in [0.1, 0.15) is 16.8 Å². The summed E-state index contributed by atoms with van der Waals surface area (Å²) in [5.74, 6) is -0.376. The largest absolute Gasteiger partial charge is 0.443 e. The van der Waals surface area contributed by atoms with E-state index in [4.69, 9.17) is 9.25 Å². The third-order valence-electron chi connectivity index (χ3n) is 4.43. The number of nitrogens with one attached hydrogen (secondary N) is 1. The van der Waals surface area contributed by atoms with E-state index < -0.39 is 0 Å². The highest BCUT2D eigenvalue weighted by atomic mass is 32.1. The maximum Gasteiger partial charge on any atom is 0.357 e. The van der Waals surface area contributed by atoms with Crippen molar-refractivity contribution in [2.75, 3.05) is 13.1 Å². The molecule has 7 nitrogen and oxygen atoms in total. The van der Waals surface area contributed by atoms with Gasteiger partial charge in [0.05, 0.1) is 24.2 Å². The zero-order valence-corrected chi connectivity index (χ0v) is 13.5. The summed E-state index contributed by atoms with van der Waals surface area (Å²) >= 11 is 1.49. The summed E-state index contributed by atoms with van der Waals surface area (Å²) in [5.41, 5.74) is 2.46. The van der Waals surface area contributed by atoms with Crippen LogP contribution in [0.25, 0.3) is 21.7 Å². The van der Waals surface area contributed by atoms with Gasteiger partial charge in [0.25, 0.3) is 0 Å². The Morgan fingerprint density at radius 3 is 2.92 bits per heavy atom. The van der Waals surface area contributed by atoms with Crippen LogP contribution in [0.4, 0.5) is 0 Å². The highest BCUT2D eigenvalue weighted by Crippen LogP contribution is 2.31. The molecule has 2 aromatic heterocycles. The Balaban J connectivity index is 1.46. The van der Waals surface area contributed by atoms with E-state index in [1.54, 1.807) is 23.4 Å². The van der Waals surface area contributed by atoms with Crippen molar-refractivity contribution in [3.63, 3.8) is 0 Å². The Bertz CT molecular complexity index is 891. The van der Waals surface area contributed by atoms with Crippen LogP contribution in [0.2, 0.25) is 0 Å². The highest BCUT2D eigenvalue weighted by Gasteiger charge is 2.38. The topological polar surface area (TPSA) is 80.5 Å². The Hall–Kier alpha value is -2.29. The lowest BCUT2D eigenvalue weighted by atomic mass is 9.93. The molecule has 3 aromatic rings. The normalized spacial score (nSPS) is 23.2. The zero-order chi connectivity index (χ0) is 16.1. The minimum atomic E-state index is -0.376. The lowest BCUT2D eigenvalue weighted by molar-refractivity contribution is -0.152. The second-order valence-electron chi connectivity index (χ2n) is 6.08. The molecule has 0 spiro atoms. The Labute approximate surface area is 141 Å². The molecule has 2 atom stereocenters. The zero-order valence-electron chi connectivity index (χ0n) is 12.6. The van der Waals surface area contributed by atoms with Gasteiger partial charge in [-0.25, -0.2) is 14.8 Å². The van der Waals surface area contributed by atoms with Crippen molar-refractivity contribution in [1.82, 2.24) is 20.3 Å². The third kappa shape index (κ3) is 2.31. The van der Waals surface area contributed by atoms with E-state index in [9.17, 15) is 4.79 Å². The molecular weight excluding hydrogens is 328 g/mol. The first-order valence-electron chi connectivity index (χ1n) is 7.76. The van der Waals surface area contributed by atoms with Gasteiger partial charge in [-0.1, -0.05) is 0 Å². The maximum absolute atomic E-state index is 12.6. The molecule has 2 bridgehead atoms. The van der Waals surface area contributed by atoms with Crippen LogP contribution < -0.4 is 5.32 Å². The molecule has 2 unspecified atom stereocenters.